The second-order valence-corrected chi connectivity index (χ2v) is 12.2. The largest absolute Gasteiger partial charge is 0.508 e. The topological polar surface area (TPSA) is 208 Å². The molecule has 0 bridgehead atoms. The molecule has 4 atom stereocenters. The van der Waals surface area contributed by atoms with E-state index in [4.69, 9.17) is 11.5 Å². The molecule has 4 aliphatic rings. The molecule has 0 heterocycles. The maximum atomic E-state index is 14.0. The van der Waals surface area contributed by atoms with Crippen LogP contribution in [0.1, 0.15) is 42.4 Å². The number of aromatic hydroxyl groups is 1. The Hall–Kier alpha value is -3.74. The molecule has 12 nitrogen and oxygen atoms in total. The minimum atomic E-state index is -2.70. The van der Waals surface area contributed by atoms with Gasteiger partial charge in [0.05, 0.1) is 17.1 Å². The Morgan fingerprint density at radius 3 is 2.27 bits per heavy atom. The molecule has 0 aliphatic heterocycles. The molecule has 220 valence electrons. The number of phenolic OH excluding ortho intramolecular Hbond substituents is 1. The summed E-state index contributed by atoms with van der Waals surface area (Å²) in [6.45, 7) is 0. The molecule has 1 aromatic carbocycles. The first kappa shape index (κ1) is 28.8. The Kier molecular flexibility index (Phi) is 6.60. The summed E-state index contributed by atoms with van der Waals surface area (Å²) in [5.74, 6) is -7.07. The van der Waals surface area contributed by atoms with Crippen molar-refractivity contribution in [2.24, 2.45) is 23.3 Å². The number of aliphatic hydroxyl groups is 3. The normalized spacial score (nSPS) is 28.3. The lowest BCUT2D eigenvalue weighted by molar-refractivity contribution is -0.153. The van der Waals surface area contributed by atoms with Crippen LogP contribution in [-0.4, -0.2) is 94.0 Å². The van der Waals surface area contributed by atoms with Crippen molar-refractivity contribution in [3.05, 3.63) is 39.7 Å². The molecule has 0 spiro atoms. The van der Waals surface area contributed by atoms with E-state index >= 15 is 0 Å². The Bertz CT molecular complexity index is 1470. The first-order valence-corrected chi connectivity index (χ1v) is 13.6. The Morgan fingerprint density at radius 1 is 1.10 bits per heavy atom. The van der Waals surface area contributed by atoms with E-state index in [0.717, 1.165) is 0 Å². The van der Waals surface area contributed by atoms with Gasteiger partial charge < -0.3 is 36.8 Å². The van der Waals surface area contributed by atoms with Crippen molar-refractivity contribution in [3.8, 4) is 5.75 Å². The van der Waals surface area contributed by atoms with Crippen LogP contribution in [0.15, 0.2) is 23.0 Å². The fourth-order valence-corrected chi connectivity index (χ4v) is 6.85. The molecule has 0 radical (unpaired) electrons. The molecular formula is C29H36N4O8. The molecule has 0 aromatic heterocycles. The number of benzene rings is 1. The number of carbonyl (C=O) groups is 4. The zero-order valence-corrected chi connectivity index (χ0v) is 23.5. The lowest BCUT2D eigenvalue weighted by atomic mass is 9.57. The standard InChI is InChI=1S/C29H36N4O8/c1-32(2)16-11-12(5-6-17(34)28(31)7-8-28)22(35)19-14(16)9-13-10-15-21(33(3)4)24(37)20(27(30)40)26(39)29(15,41)25(38)18(13)23(19)36/h11,13,15,21,35-36,39,41H,5-10,31H2,1-4H3,(H2,30,40)/t13-,15-,21+,29-/m0/s1. The first-order chi connectivity index (χ1) is 19.1. The molecule has 1 aromatic rings. The molecule has 0 saturated heterocycles. The molecule has 2 fully saturated rings. The second-order valence-electron chi connectivity index (χ2n) is 12.2. The summed E-state index contributed by atoms with van der Waals surface area (Å²) in [7, 11) is 6.69. The monoisotopic (exact) mass is 568 g/mol. The molecule has 8 N–H and O–H groups in total. The van der Waals surface area contributed by atoms with Crippen LogP contribution >= 0.6 is 0 Å². The van der Waals surface area contributed by atoms with Crippen LogP contribution in [0.2, 0.25) is 0 Å². The maximum Gasteiger partial charge on any atom is 0.255 e. The van der Waals surface area contributed by atoms with E-state index in [2.05, 4.69) is 0 Å². The van der Waals surface area contributed by atoms with Crippen molar-refractivity contribution in [1.29, 1.82) is 0 Å². The van der Waals surface area contributed by atoms with Crippen LogP contribution in [0.4, 0.5) is 5.69 Å². The van der Waals surface area contributed by atoms with Gasteiger partial charge in [0.15, 0.2) is 17.2 Å². The highest BCUT2D eigenvalue weighted by Gasteiger charge is 2.64. The van der Waals surface area contributed by atoms with E-state index < -0.39 is 63.6 Å². The van der Waals surface area contributed by atoms with Gasteiger partial charge >= 0.3 is 0 Å². The van der Waals surface area contributed by atoms with Gasteiger partial charge in [-0.25, -0.2) is 0 Å². The van der Waals surface area contributed by atoms with E-state index in [1.807, 2.05) is 0 Å². The highest BCUT2D eigenvalue weighted by Crippen LogP contribution is 2.54. The summed E-state index contributed by atoms with van der Waals surface area (Å²) in [5, 5.41) is 45.7. The van der Waals surface area contributed by atoms with Gasteiger partial charge in [-0.2, -0.15) is 0 Å². The third kappa shape index (κ3) is 4.07. The minimum Gasteiger partial charge on any atom is -0.508 e. The zero-order chi connectivity index (χ0) is 30.3. The van der Waals surface area contributed by atoms with Gasteiger partial charge in [-0.1, -0.05) is 0 Å². The number of nitrogens with two attached hydrogens (primary N) is 2. The summed E-state index contributed by atoms with van der Waals surface area (Å²) >= 11 is 0. The number of phenols is 1. The predicted molar refractivity (Wildman–Crippen MR) is 148 cm³/mol. The van der Waals surface area contributed by atoms with Crippen LogP contribution in [0.3, 0.4) is 0 Å². The molecular weight excluding hydrogens is 532 g/mol. The van der Waals surface area contributed by atoms with E-state index in [9.17, 15) is 39.6 Å². The van der Waals surface area contributed by atoms with Crippen molar-refractivity contribution < 1.29 is 39.6 Å². The average molecular weight is 569 g/mol. The van der Waals surface area contributed by atoms with Crippen molar-refractivity contribution in [3.63, 3.8) is 0 Å². The number of ketones is 3. The number of anilines is 1. The average Bonchev–Trinajstić information content (AvgIpc) is 3.63. The number of nitrogens with zero attached hydrogens (tertiary/aromatic N) is 2. The second kappa shape index (κ2) is 9.40. The summed E-state index contributed by atoms with van der Waals surface area (Å²) in [6.07, 6.45) is 1.66. The van der Waals surface area contributed by atoms with E-state index in [-0.39, 0.29) is 48.4 Å². The van der Waals surface area contributed by atoms with Gasteiger partial charge in [0.25, 0.3) is 5.91 Å². The minimum absolute atomic E-state index is 0.00354. The number of Topliss-reactive ketones (excluding diaryl/α,β-unsaturated/α-hetero) is 3. The number of rotatable bonds is 7. The van der Waals surface area contributed by atoms with Crippen molar-refractivity contribution >= 4 is 34.7 Å². The fraction of sp³-hybridized carbons (Fsp3) is 0.517. The zero-order valence-electron chi connectivity index (χ0n) is 23.5. The van der Waals surface area contributed by atoms with Crippen molar-refractivity contribution in [1.82, 2.24) is 4.90 Å². The smallest absolute Gasteiger partial charge is 0.255 e. The van der Waals surface area contributed by atoms with Gasteiger partial charge in [0.1, 0.15) is 22.8 Å². The number of carbonyl (C=O) groups excluding carboxylic acids is 4. The molecule has 0 unspecified atom stereocenters. The number of amides is 1. The van der Waals surface area contributed by atoms with Crippen LogP contribution < -0.4 is 16.4 Å². The van der Waals surface area contributed by atoms with Gasteiger partial charge in [-0.3, -0.25) is 24.1 Å². The third-order valence-corrected chi connectivity index (χ3v) is 9.22. The lowest BCUT2D eigenvalue weighted by Crippen LogP contribution is -2.65. The molecule has 1 amide bonds. The molecule has 4 aliphatic carbocycles. The van der Waals surface area contributed by atoms with Crippen molar-refractivity contribution in [2.75, 3.05) is 33.1 Å². The van der Waals surface area contributed by atoms with Gasteiger partial charge in [0.2, 0.25) is 5.78 Å². The number of hydrogen-bond donors (Lipinski definition) is 6. The highest BCUT2D eigenvalue weighted by atomic mass is 16.3. The molecule has 41 heavy (non-hydrogen) atoms. The molecule has 2 saturated carbocycles. The Labute approximate surface area is 236 Å². The van der Waals surface area contributed by atoms with Crippen LogP contribution in [0.5, 0.6) is 5.75 Å². The Morgan fingerprint density at radius 2 is 1.73 bits per heavy atom. The van der Waals surface area contributed by atoms with E-state index in [0.29, 0.717) is 29.7 Å². The quantitative estimate of drug-likeness (QED) is 0.242. The van der Waals surface area contributed by atoms with Gasteiger partial charge in [0, 0.05) is 37.7 Å². The lowest BCUT2D eigenvalue weighted by Gasteiger charge is -2.50. The van der Waals surface area contributed by atoms with Crippen molar-refractivity contribution in [2.45, 2.75) is 55.7 Å². The highest BCUT2D eigenvalue weighted by molar-refractivity contribution is 6.24. The van der Waals surface area contributed by atoms with E-state index in [1.54, 1.807) is 39.2 Å². The number of aryl methyl sites for hydroxylation is 1. The number of likely N-dealkylation sites (N-methyl/N-ethyl adjacent to an activating group) is 1. The van der Waals surface area contributed by atoms with Crippen LogP contribution in [0.25, 0.3) is 5.76 Å². The summed E-state index contributed by atoms with van der Waals surface area (Å²) in [6, 6.07) is 0.600. The number of primary amides is 1. The number of aliphatic hydroxyl groups excluding tert-OH is 2. The van der Waals surface area contributed by atoms with E-state index in [1.165, 1.54) is 4.90 Å². The number of fused-ring (bicyclic) bond motifs is 3. The van der Waals surface area contributed by atoms with Gasteiger partial charge in [-0.05, 0) is 69.3 Å². The third-order valence-electron chi connectivity index (χ3n) is 9.22. The Balaban J connectivity index is 1.66. The number of hydrogen-bond acceptors (Lipinski definition) is 11. The summed E-state index contributed by atoms with van der Waals surface area (Å²) < 4.78 is 0. The van der Waals surface area contributed by atoms with Crippen LogP contribution in [0, 0.1) is 11.8 Å². The summed E-state index contributed by atoms with van der Waals surface area (Å²) in [5.41, 5.74) is 8.41. The molecule has 5 rings (SSSR count). The predicted octanol–water partition coefficient (Wildman–Crippen LogP) is 0.0230. The fourth-order valence-electron chi connectivity index (χ4n) is 6.85. The summed E-state index contributed by atoms with van der Waals surface area (Å²) in [4.78, 5) is 55.2. The van der Waals surface area contributed by atoms with Gasteiger partial charge in [-0.15, -0.1) is 0 Å². The first-order valence-electron chi connectivity index (χ1n) is 13.6. The molecule has 12 heteroatoms. The van der Waals surface area contributed by atoms with Crippen LogP contribution in [-0.2, 0) is 32.0 Å². The SMILES string of the molecule is CN(C)c1cc(CCC(=O)C2(N)CC2)c(O)c2c1C[C@H]1C[C@H]3[C@@H](N(C)C)C(=O)C(C(N)=O)=C(O)[C@@]3(O)C(=O)C1=C2O. The maximum absolute atomic E-state index is 14.0.